The lowest BCUT2D eigenvalue weighted by molar-refractivity contribution is 0.415. The zero-order valence-corrected chi connectivity index (χ0v) is 17.9. The van der Waals surface area contributed by atoms with Crippen LogP contribution < -0.4 is 0 Å². The predicted molar refractivity (Wildman–Crippen MR) is 118 cm³/mol. The average molecular weight is 411 g/mol. The van der Waals surface area contributed by atoms with Crippen molar-refractivity contribution in [3.05, 3.63) is 59.4 Å². The van der Waals surface area contributed by atoms with Gasteiger partial charge in [-0.15, -0.1) is 28.1 Å². The van der Waals surface area contributed by atoms with Crippen molar-refractivity contribution in [1.29, 1.82) is 0 Å². The molecule has 0 spiro atoms. The van der Waals surface area contributed by atoms with Crippen LogP contribution in [0.2, 0.25) is 0 Å². The number of benzene rings is 1. The molecule has 2 heterocycles. The summed E-state index contributed by atoms with van der Waals surface area (Å²) in [4.78, 5) is 4.82. The zero-order valence-electron chi connectivity index (χ0n) is 16.3. The molecule has 1 fully saturated rings. The second-order valence-corrected chi connectivity index (χ2v) is 9.17. The number of hydrogen-bond donors (Lipinski definition) is 0. The molecular formula is C22H26N4S2. The molecule has 2 aromatic heterocycles. The third-order valence-corrected chi connectivity index (χ3v) is 7.17. The lowest BCUT2D eigenvalue weighted by atomic mass is 9.89. The molecule has 1 aliphatic rings. The summed E-state index contributed by atoms with van der Waals surface area (Å²) in [6, 6.07) is 8.55. The van der Waals surface area contributed by atoms with Crippen LogP contribution in [0.15, 0.2) is 47.5 Å². The van der Waals surface area contributed by atoms with Crippen molar-refractivity contribution >= 4 is 23.1 Å². The molecule has 1 aliphatic carbocycles. The molecule has 4 rings (SSSR count). The Morgan fingerprint density at radius 1 is 1.18 bits per heavy atom. The van der Waals surface area contributed by atoms with Crippen LogP contribution in [-0.4, -0.2) is 19.7 Å². The van der Waals surface area contributed by atoms with E-state index >= 15 is 0 Å². The van der Waals surface area contributed by atoms with E-state index < -0.39 is 0 Å². The van der Waals surface area contributed by atoms with Gasteiger partial charge in [0.15, 0.2) is 5.16 Å². The summed E-state index contributed by atoms with van der Waals surface area (Å²) in [7, 11) is 0. The van der Waals surface area contributed by atoms with Crippen LogP contribution >= 0.6 is 23.1 Å². The second-order valence-electron chi connectivity index (χ2n) is 7.37. The van der Waals surface area contributed by atoms with E-state index in [9.17, 15) is 0 Å². The molecule has 1 aromatic carbocycles. The van der Waals surface area contributed by atoms with Crippen LogP contribution in [-0.2, 0) is 12.3 Å². The van der Waals surface area contributed by atoms with Gasteiger partial charge in [-0.2, -0.15) is 0 Å². The average Bonchev–Trinajstić information content (AvgIpc) is 3.35. The van der Waals surface area contributed by atoms with Gasteiger partial charge in [0, 0.05) is 29.2 Å². The molecule has 0 radical (unpaired) electrons. The topological polar surface area (TPSA) is 43.6 Å². The molecule has 0 unspecified atom stereocenters. The van der Waals surface area contributed by atoms with E-state index in [1.54, 1.807) is 23.1 Å². The van der Waals surface area contributed by atoms with Gasteiger partial charge in [0.05, 0.1) is 5.69 Å². The summed E-state index contributed by atoms with van der Waals surface area (Å²) in [6.07, 6.45) is 8.35. The molecule has 0 N–H and O–H groups in total. The van der Waals surface area contributed by atoms with Gasteiger partial charge in [0.1, 0.15) is 10.8 Å². The molecule has 6 heteroatoms. The molecule has 28 heavy (non-hydrogen) atoms. The van der Waals surface area contributed by atoms with Crippen molar-refractivity contribution in [3.63, 3.8) is 0 Å². The highest BCUT2D eigenvalue weighted by Crippen LogP contribution is 2.34. The SMILES string of the molecule is C=CCn1c(SCc2csc(-c3ccc(C)cc3)n2)nnc1C1CCCCC1. The maximum Gasteiger partial charge on any atom is 0.191 e. The Hall–Kier alpha value is -1.92. The van der Waals surface area contributed by atoms with Gasteiger partial charge >= 0.3 is 0 Å². The van der Waals surface area contributed by atoms with Gasteiger partial charge in [-0.1, -0.05) is 66.9 Å². The molecule has 0 saturated heterocycles. The third kappa shape index (κ3) is 4.39. The summed E-state index contributed by atoms with van der Waals surface area (Å²) >= 11 is 3.42. The first kappa shape index (κ1) is 19.4. The largest absolute Gasteiger partial charge is 0.302 e. The van der Waals surface area contributed by atoms with Crippen molar-refractivity contribution in [1.82, 2.24) is 19.7 Å². The van der Waals surface area contributed by atoms with Crippen molar-refractivity contribution in [2.24, 2.45) is 0 Å². The number of allylic oxidation sites excluding steroid dienone is 1. The molecule has 3 aromatic rings. The van der Waals surface area contributed by atoms with E-state index in [4.69, 9.17) is 4.98 Å². The van der Waals surface area contributed by atoms with Crippen LogP contribution in [0.4, 0.5) is 0 Å². The minimum atomic E-state index is 0.544. The number of aryl methyl sites for hydroxylation is 1. The summed E-state index contributed by atoms with van der Waals surface area (Å²) in [5.41, 5.74) is 3.55. The van der Waals surface area contributed by atoms with Gasteiger partial charge in [0.25, 0.3) is 0 Å². The highest BCUT2D eigenvalue weighted by atomic mass is 32.2. The van der Waals surface area contributed by atoms with E-state index in [1.165, 1.54) is 43.2 Å². The fraction of sp³-hybridized carbons (Fsp3) is 0.409. The minimum Gasteiger partial charge on any atom is -0.302 e. The van der Waals surface area contributed by atoms with Crippen LogP contribution in [0.3, 0.4) is 0 Å². The number of thiazole rings is 1. The van der Waals surface area contributed by atoms with Gasteiger partial charge in [-0.05, 0) is 19.8 Å². The van der Waals surface area contributed by atoms with Crippen LogP contribution in [0.5, 0.6) is 0 Å². The van der Waals surface area contributed by atoms with Crippen LogP contribution in [0, 0.1) is 6.92 Å². The highest BCUT2D eigenvalue weighted by molar-refractivity contribution is 7.98. The van der Waals surface area contributed by atoms with Crippen molar-refractivity contribution in [3.8, 4) is 10.6 Å². The van der Waals surface area contributed by atoms with Gasteiger partial charge < -0.3 is 4.57 Å². The summed E-state index contributed by atoms with van der Waals surface area (Å²) in [5, 5.41) is 13.3. The lowest BCUT2D eigenvalue weighted by Crippen LogP contribution is -2.12. The maximum absolute atomic E-state index is 4.82. The lowest BCUT2D eigenvalue weighted by Gasteiger charge is -2.21. The summed E-state index contributed by atoms with van der Waals surface area (Å²) in [6.45, 7) is 6.80. The normalized spacial score (nSPS) is 15.0. The Kier molecular flexibility index (Phi) is 6.27. The Morgan fingerprint density at radius 3 is 2.71 bits per heavy atom. The number of hydrogen-bond acceptors (Lipinski definition) is 5. The van der Waals surface area contributed by atoms with Crippen molar-refractivity contribution in [2.45, 2.75) is 62.4 Å². The first-order valence-corrected chi connectivity index (χ1v) is 11.8. The standard InChI is InChI=1S/C22H26N4S2/c1-3-13-26-20(17-7-5-4-6-8-17)24-25-22(26)28-15-19-14-27-21(23-19)18-11-9-16(2)10-12-18/h3,9-12,14,17H,1,4-8,13,15H2,2H3. The number of aromatic nitrogens is 4. The predicted octanol–water partition coefficient (Wildman–Crippen LogP) is 6.24. The molecule has 0 amide bonds. The monoisotopic (exact) mass is 410 g/mol. The van der Waals surface area contributed by atoms with E-state index in [-0.39, 0.29) is 0 Å². The molecular weight excluding hydrogens is 384 g/mol. The molecule has 0 bridgehead atoms. The summed E-state index contributed by atoms with van der Waals surface area (Å²) < 4.78 is 2.25. The Balaban J connectivity index is 1.46. The van der Waals surface area contributed by atoms with Crippen LogP contribution in [0.1, 0.15) is 55.1 Å². The molecule has 0 aliphatic heterocycles. The molecule has 146 valence electrons. The van der Waals surface area contributed by atoms with Gasteiger partial charge in [-0.3, -0.25) is 0 Å². The van der Waals surface area contributed by atoms with E-state index in [1.807, 2.05) is 6.08 Å². The Bertz CT molecular complexity index is 920. The Morgan fingerprint density at radius 2 is 1.96 bits per heavy atom. The minimum absolute atomic E-state index is 0.544. The highest BCUT2D eigenvalue weighted by Gasteiger charge is 2.23. The first-order valence-electron chi connectivity index (χ1n) is 9.93. The van der Waals surface area contributed by atoms with E-state index in [2.05, 4.69) is 57.9 Å². The Labute approximate surface area is 175 Å². The first-order chi connectivity index (χ1) is 13.7. The third-order valence-electron chi connectivity index (χ3n) is 5.23. The summed E-state index contributed by atoms with van der Waals surface area (Å²) in [5.74, 6) is 2.49. The van der Waals surface area contributed by atoms with E-state index in [0.717, 1.165) is 34.0 Å². The fourth-order valence-corrected chi connectivity index (χ4v) is 5.49. The van der Waals surface area contributed by atoms with Crippen molar-refractivity contribution in [2.75, 3.05) is 0 Å². The molecule has 1 saturated carbocycles. The van der Waals surface area contributed by atoms with Gasteiger partial charge in [-0.25, -0.2) is 4.98 Å². The molecule has 0 atom stereocenters. The van der Waals surface area contributed by atoms with E-state index in [0.29, 0.717) is 5.92 Å². The fourth-order valence-electron chi connectivity index (χ4n) is 3.71. The molecule has 4 nitrogen and oxygen atoms in total. The zero-order chi connectivity index (χ0) is 19.3. The maximum atomic E-state index is 4.82. The smallest absolute Gasteiger partial charge is 0.191 e. The van der Waals surface area contributed by atoms with Crippen molar-refractivity contribution < 1.29 is 0 Å². The quantitative estimate of drug-likeness (QED) is 0.342. The van der Waals surface area contributed by atoms with Crippen LogP contribution in [0.25, 0.3) is 10.6 Å². The van der Waals surface area contributed by atoms with Gasteiger partial charge in [0.2, 0.25) is 0 Å². The second kappa shape index (κ2) is 9.05. The number of rotatable bonds is 7. The number of thioether (sulfide) groups is 1. The number of nitrogens with zero attached hydrogens (tertiary/aromatic N) is 4.